The van der Waals surface area contributed by atoms with E-state index in [0.29, 0.717) is 28.8 Å². The molecule has 1 unspecified atom stereocenters. The van der Waals surface area contributed by atoms with Crippen LogP contribution in [0.1, 0.15) is 39.6 Å². The Balaban J connectivity index is 1.38. The highest BCUT2D eigenvalue weighted by Crippen LogP contribution is 2.25. The van der Waals surface area contributed by atoms with Gasteiger partial charge in [0, 0.05) is 13.1 Å². The summed E-state index contributed by atoms with van der Waals surface area (Å²) in [5.41, 5.74) is 4.19. The third-order valence-corrected chi connectivity index (χ3v) is 6.07. The lowest BCUT2D eigenvalue weighted by molar-refractivity contribution is 0.0785. The number of carbonyl (C=O) groups is 1. The molecule has 5 rings (SSSR count). The molecule has 0 N–H and O–H groups in total. The van der Waals surface area contributed by atoms with E-state index in [-0.39, 0.29) is 5.91 Å². The van der Waals surface area contributed by atoms with Gasteiger partial charge in [0.15, 0.2) is 17.3 Å². The van der Waals surface area contributed by atoms with Crippen LogP contribution >= 0.6 is 0 Å². The zero-order valence-electron chi connectivity index (χ0n) is 18.0. The fraction of sp³-hybridized carbons (Fsp3) is 0.348. The van der Waals surface area contributed by atoms with Gasteiger partial charge < -0.3 is 4.90 Å². The number of aromatic nitrogens is 6. The molecule has 1 aliphatic heterocycles. The lowest BCUT2D eigenvalue weighted by Crippen LogP contribution is -2.29. The Morgan fingerprint density at radius 1 is 1.03 bits per heavy atom. The standard InChI is InChI=1S/C23H25N7O/c1-15-22(23(31)28-12-11-19(14-28)13-18-7-5-4-6-8-18)16(2)29(26-15)21-10-9-20-25-24-17(3)30(20)27-21/h4-10,19H,11-14H2,1-3H3. The summed E-state index contributed by atoms with van der Waals surface area (Å²) >= 11 is 0. The highest BCUT2D eigenvalue weighted by atomic mass is 16.2. The van der Waals surface area contributed by atoms with E-state index in [2.05, 4.69) is 44.7 Å². The Labute approximate surface area is 180 Å². The summed E-state index contributed by atoms with van der Waals surface area (Å²) in [6.45, 7) is 7.23. The minimum Gasteiger partial charge on any atom is -0.338 e. The number of amides is 1. The molecule has 4 heterocycles. The summed E-state index contributed by atoms with van der Waals surface area (Å²) in [7, 11) is 0. The first-order valence-electron chi connectivity index (χ1n) is 10.6. The fourth-order valence-electron chi connectivity index (χ4n) is 4.46. The third-order valence-electron chi connectivity index (χ3n) is 6.07. The van der Waals surface area contributed by atoms with Crippen LogP contribution in [-0.4, -0.2) is 53.5 Å². The number of nitrogens with zero attached hydrogens (tertiary/aromatic N) is 7. The third kappa shape index (κ3) is 3.48. The van der Waals surface area contributed by atoms with Gasteiger partial charge in [-0.3, -0.25) is 4.79 Å². The van der Waals surface area contributed by atoms with Crippen LogP contribution < -0.4 is 0 Å². The van der Waals surface area contributed by atoms with Crippen molar-refractivity contribution in [1.29, 1.82) is 0 Å². The second kappa shape index (κ2) is 7.61. The summed E-state index contributed by atoms with van der Waals surface area (Å²) in [6, 6.07) is 14.2. The molecular weight excluding hydrogens is 390 g/mol. The lowest BCUT2D eigenvalue weighted by Gasteiger charge is -2.17. The number of rotatable bonds is 4. The zero-order valence-corrected chi connectivity index (χ0v) is 18.0. The van der Waals surface area contributed by atoms with E-state index in [1.54, 1.807) is 9.20 Å². The van der Waals surface area contributed by atoms with Crippen molar-refractivity contribution in [2.75, 3.05) is 13.1 Å². The molecule has 8 nitrogen and oxygen atoms in total. The highest BCUT2D eigenvalue weighted by Gasteiger charge is 2.30. The molecule has 0 radical (unpaired) electrons. The predicted octanol–water partition coefficient (Wildman–Crippen LogP) is 2.94. The van der Waals surface area contributed by atoms with Crippen molar-refractivity contribution in [3.8, 4) is 5.82 Å². The Morgan fingerprint density at radius 2 is 1.84 bits per heavy atom. The highest BCUT2D eigenvalue weighted by molar-refractivity contribution is 5.96. The normalized spacial score (nSPS) is 16.4. The molecule has 3 aromatic heterocycles. The summed E-state index contributed by atoms with van der Waals surface area (Å²) in [5, 5.41) is 17.4. The zero-order chi connectivity index (χ0) is 21.5. The van der Waals surface area contributed by atoms with Crippen LogP contribution in [0.4, 0.5) is 0 Å². The van der Waals surface area contributed by atoms with E-state index < -0.39 is 0 Å². The number of likely N-dealkylation sites (tertiary alicyclic amines) is 1. The van der Waals surface area contributed by atoms with Crippen LogP contribution in [0, 0.1) is 26.7 Å². The molecule has 1 aromatic carbocycles. The molecule has 0 aliphatic carbocycles. The van der Waals surface area contributed by atoms with Crippen LogP contribution in [0.5, 0.6) is 0 Å². The minimum atomic E-state index is 0.0540. The van der Waals surface area contributed by atoms with E-state index in [1.807, 2.05) is 43.9 Å². The van der Waals surface area contributed by atoms with Crippen LogP contribution in [0.3, 0.4) is 0 Å². The predicted molar refractivity (Wildman–Crippen MR) is 116 cm³/mol. The molecule has 1 amide bonds. The van der Waals surface area contributed by atoms with E-state index in [1.165, 1.54) is 5.56 Å². The minimum absolute atomic E-state index is 0.0540. The van der Waals surface area contributed by atoms with E-state index in [0.717, 1.165) is 37.3 Å². The molecule has 158 valence electrons. The molecule has 0 spiro atoms. The van der Waals surface area contributed by atoms with Gasteiger partial charge in [-0.25, -0.2) is 4.68 Å². The van der Waals surface area contributed by atoms with Crippen molar-refractivity contribution in [3.05, 3.63) is 70.8 Å². The Hall–Kier alpha value is -3.55. The first-order valence-corrected chi connectivity index (χ1v) is 10.6. The van der Waals surface area contributed by atoms with Crippen molar-refractivity contribution >= 4 is 11.6 Å². The molecule has 1 atom stereocenters. The van der Waals surface area contributed by atoms with E-state index in [4.69, 9.17) is 0 Å². The van der Waals surface area contributed by atoms with E-state index in [9.17, 15) is 4.79 Å². The first-order chi connectivity index (χ1) is 15.0. The largest absolute Gasteiger partial charge is 0.338 e. The topological polar surface area (TPSA) is 81.2 Å². The summed E-state index contributed by atoms with van der Waals surface area (Å²) in [4.78, 5) is 15.4. The monoisotopic (exact) mass is 415 g/mol. The van der Waals surface area contributed by atoms with Crippen molar-refractivity contribution in [2.45, 2.75) is 33.6 Å². The maximum absolute atomic E-state index is 13.4. The van der Waals surface area contributed by atoms with Gasteiger partial charge in [-0.05, 0) is 57.2 Å². The molecule has 0 bridgehead atoms. The maximum atomic E-state index is 13.4. The van der Waals surface area contributed by atoms with Crippen LogP contribution in [-0.2, 0) is 6.42 Å². The number of hydrogen-bond acceptors (Lipinski definition) is 5. The van der Waals surface area contributed by atoms with Crippen molar-refractivity contribution in [3.63, 3.8) is 0 Å². The van der Waals surface area contributed by atoms with Crippen molar-refractivity contribution < 1.29 is 4.79 Å². The molecular formula is C23H25N7O. The van der Waals surface area contributed by atoms with Crippen LogP contribution in [0.2, 0.25) is 0 Å². The van der Waals surface area contributed by atoms with Crippen molar-refractivity contribution in [2.24, 2.45) is 5.92 Å². The molecule has 0 saturated carbocycles. The van der Waals surface area contributed by atoms with Gasteiger partial charge in [0.05, 0.1) is 17.0 Å². The van der Waals surface area contributed by atoms with Gasteiger partial charge in [-0.15, -0.1) is 15.3 Å². The SMILES string of the molecule is Cc1nn(-c2ccc3nnc(C)n3n2)c(C)c1C(=O)N1CCC(Cc2ccccc2)C1. The van der Waals surface area contributed by atoms with Gasteiger partial charge in [-0.1, -0.05) is 30.3 Å². The Bertz CT molecular complexity index is 1260. The molecule has 4 aromatic rings. The lowest BCUT2D eigenvalue weighted by atomic mass is 9.99. The molecule has 1 saturated heterocycles. The van der Waals surface area contributed by atoms with Gasteiger partial charge in [0.1, 0.15) is 0 Å². The fourth-order valence-corrected chi connectivity index (χ4v) is 4.46. The molecule has 8 heteroatoms. The summed E-state index contributed by atoms with van der Waals surface area (Å²) in [5.74, 6) is 1.88. The number of aryl methyl sites for hydroxylation is 2. The van der Waals surface area contributed by atoms with Crippen molar-refractivity contribution in [1.82, 2.24) is 34.5 Å². The molecule has 1 aliphatic rings. The van der Waals surface area contributed by atoms with Crippen LogP contribution in [0.25, 0.3) is 11.5 Å². The van der Waals surface area contributed by atoms with Gasteiger partial charge in [0.25, 0.3) is 5.91 Å². The average Bonchev–Trinajstić information content (AvgIpc) is 3.46. The van der Waals surface area contributed by atoms with Gasteiger partial charge >= 0.3 is 0 Å². The molecule has 31 heavy (non-hydrogen) atoms. The number of benzene rings is 1. The van der Waals surface area contributed by atoms with E-state index >= 15 is 0 Å². The first kappa shape index (κ1) is 19.4. The molecule has 1 fully saturated rings. The average molecular weight is 416 g/mol. The number of hydrogen-bond donors (Lipinski definition) is 0. The number of fused-ring (bicyclic) bond motifs is 1. The second-order valence-electron chi connectivity index (χ2n) is 8.26. The van der Waals surface area contributed by atoms with Gasteiger partial charge in [-0.2, -0.15) is 9.61 Å². The quantitative estimate of drug-likeness (QED) is 0.512. The second-order valence-corrected chi connectivity index (χ2v) is 8.26. The summed E-state index contributed by atoms with van der Waals surface area (Å²) < 4.78 is 3.42. The Kier molecular flexibility index (Phi) is 4.77. The number of carbonyl (C=O) groups excluding carboxylic acids is 1. The maximum Gasteiger partial charge on any atom is 0.257 e. The summed E-state index contributed by atoms with van der Waals surface area (Å²) in [6.07, 6.45) is 2.03. The van der Waals surface area contributed by atoms with Gasteiger partial charge in [0.2, 0.25) is 0 Å². The van der Waals surface area contributed by atoms with Crippen LogP contribution in [0.15, 0.2) is 42.5 Å². The Morgan fingerprint density at radius 3 is 2.65 bits per heavy atom. The smallest absolute Gasteiger partial charge is 0.257 e.